The van der Waals surface area contributed by atoms with E-state index in [0.717, 1.165) is 28.1 Å². The van der Waals surface area contributed by atoms with Gasteiger partial charge in [0.15, 0.2) is 11.5 Å². The average molecular weight is 336 g/mol. The Morgan fingerprint density at radius 1 is 0.880 bits per heavy atom. The fourth-order valence-electron chi connectivity index (χ4n) is 2.51. The van der Waals surface area contributed by atoms with E-state index in [0.29, 0.717) is 17.2 Å². The number of benzene rings is 2. The molecule has 0 saturated carbocycles. The van der Waals surface area contributed by atoms with E-state index in [4.69, 9.17) is 14.2 Å². The Bertz CT molecular complexity index is 914. The minimum absolute atomic E-state index is 0.635. The van der Waals surface area contributed by atoms with Crippen LogP contribution in [-0.2, 0) is 0 Å². The van der Waals surface area contributed by atoms with Gasteiger partial charge in [-0.05, 0) is 50.2 Å². The highest BCUT2D eigenvalue weighted by Crippen LogP contribution is 2.37. The van der Waals surface area contributed by atoms with E-state index >= 15 is 0 Å². The van der Waals surface area contributed by atoms with Gasteiger partial charge in [-0.25, -0.2) is 0 Å². The molecule has 0 bridgehead atoms. The second-order valence-corrected chi connectivity index (χ2v) is 5.69. The zero-order valence-corrected chi connectivity index (χ0v) is 14.7. The minimum Gasteiger partial charge on any atom is -0.493 e. The lowest BCUT2D eigenvalue weighted by molar-refractivity contribution is 0.355. The summed E-state index contributed by atoms with van der Waals surface area (Å²) >= 11 is 0. The fraction of sp³-hybridized carbons (Fsp3) is 0.200. The van der Waals surface area contributed by atoms with Crippen LogP contribution in [0.2, 0.25) is 0 Å². The molecule has 0 N–H and O–H groups in total. The van der Waals surface area contributed by atoms with E-state index in [1.165, 1.54) is 0 Å². The number of methoxy groups -OCH3 is 2. The normalized spacial score (nSPS) is 10.4. The van der Waals surface area contributed by atoms with Crippen molar-refractivity contribution in [1.82, 2.24) is 4.98 Å². The summed E-state index contributed by atoms with van der Waals surface area (Å²) in [6.07, 6.45) is 1.71. The third-order valence-corrected chi connectivity index (χ3v) is 3.62. The zero-order valence-electron chi connectivity index (χ0n) is 14.7. The highest BCUT2D eigenvalue weighted by molar-refractivity contribution is 5.88. The molecule has 25 heavy (non-hydrogen) atoms. The van der Waals surface area contributed by atoms with Crippen molar-refractivity contribution >= 4 is 22.3 Å². The molecule has 3 rings (SSSR count). The van der Waals surface area contributed by atoms with E-state index in [1.807, 2.05) is 56.3 Å². The van der Waals surface area contributed by atoms with Gasteiger partial charge < -0.3 is 14.2 Å². The van der Waals surface area contributed by atoms with Crippen molar-refractivity contribution in [2.24, 2.45) is 4.99 Å². The predicted octanol–water partition coefficient (Wildman–Crippen LogP) is 5.16. The second kappa shape index (κ2) is 7.21. The van der Waals surface area contributed by atoms with Gasteiger partial charge in [-0.3, -0.25) is 9.98 Å². The largest absolute Gasteiger partial charge is 0.493 e. The summed E-state index contributed by atoms with van der Waals surface area (Å²) in [4.78, 5) is 8.80. The maximum atomic E-state index is 6.04. The summed E-state index contributed by atoms with van der Waals surface area (Å²) < 4.78 is 16.7. The first-order valence-electron chi connectivity index (χ1n) is 7.91. The number of aliphatic imine (C=N–C) groups is 1. The molecule has 0 fully saturated rings. The van der Waals surface area contributed by atoms with E-state index in [1.54, 1.807) is 20.4 Å². The molecule has 0 atom stereocenters. The molecular weight excluding hydrogens is 316 g/mol. The molecule has 0 spiro atoms. The van der Waals surface area contributed by atoms with Crippen molar-refractivity contribution in [2.45, 2.75) is 13.8 Å². The first-order valence-corrected chi connectivity index (χ1v) is 7.91. The Morgan fingerprint density at radius 3 is 2.20 bits per heavy atom. The van der Waals surface area contributed by atoms with Crippen molar-refractivity contribution in [3.05, 3.63) is 48.7 Å². The molecular formula is C20H20N2O3. The van der Waals surface area contributed by atoms with Crippen LogP contribution in [0, 0.1) is 0 Å². The maximum Gasteiger partial charge on any atom is 0.162 e. The summed E-state index contributed by atoms with van der Waals surface area (Å²) in [6.45, 7) is 3.93. The Kier molecular flexibility index (Phi) is 4.84. The van der Waals surface area contributed by atoms with Crippen molar-refractivity contribution in [1.29, 1.82) is 0 Å². The molecule has 128 valence electrons. The molecule has 1 aromatic heterocycles. The van der Waals surface area contributed by atoms with Crippen LogP contribution in [0.1, 0.15) is 13.8 Å². The summed E-state index contributed by atoms with van der Waals surface area (Å²) in [5.74, 6) is 2.71. The summed E-state index contributed by atoms with van der Waals surface area (Å²) in [5, 5.41) is 0.853. The molecule has 0 unspecified atom stereocenters. The Morgan fingerprint density at radius 2 is 1.56 bits per heavy atom. The third-order valence-electron chi connectivity index (χ3n) is 3.62. The summed E-state index contributed by atoms with van der Waals surface area (Å²) in [6, 6.07) is 13.2. The van der Waals surface area contributed by atoms with Crippen LogP contribution < -0.4 is 14.2 Å². The molecule has 5 nitrogen and oxygen atoms in total. The molecule has 0 aliphatic rings. The van der Waals surface area contributed by atoms with Crippen LogP contribution in [0.5, 0.6) is 23.0 Å². The van der Waals surface area contributed by atoms with Gasteiger partial charge in [0.05, 0.1) is 25.4 Å². The van der Waals surface area contributed by atoms with E-state index in [-0.39, 0.29) is 0 Å². The summed E-state index contributed by atoms with van der Waals surface area (Å²) in [5.41, 5.74) is 2.69. The van der Waals surface area contributed by atoms with Crippen LogP contribution in [0.15, 0.2) is 53.7 Å². The van der Waals surface area contributed by atoms with Gasteiger partial charge in [-0.15, -0.1) is 0 Å². The van der Waals surface area contributed by atoms with Gasteiger partial charge in [0.25, 0.3) is 0 Å². The molecule has 2 aromatic carbocycles. The highest BCUT2D eigenvalue weighted by Gasteiger charge is 2.11. The number of hydrogen-bond acceptors (Lipinski definition) is 5. The molecule has 3 aromatic rings. The van der Waals surface area contributed by atoms with Crippen molar-refractivity contribution < 1.29 is 14.2 Å². The van der Waals surface area contributed by atoms with Gasteiger partial charge >= 0.3 is 0 Å². The maximum absolute atomic E-state index is 6.04. The average Bonchev–Trinajstić information content (AvgIpc) is 2.62. The summed E-state index contributed by atoms with van der Waals surface area (Å²) in [7, 11) is 3.21. The van der Waals surface area contributed by atoms with E-state index in [9.17, 15) is 0 Å². The number of nitrogens with zero attached hydrogens (tertiary/aromatic N) is 2. The van der Waals surface area contributed by atoms with Crippen molar-refractivity contribution in [3.63, 3.8) is 0 Å². The van der Waals surface area contributed by atoms with Crippen molar-refractivity contribution in [3.8, 4) is 23.0 Å². The second-order valence-electron chi connectivity index (χ2n) is 5.69. The van der Waals surface area contributed by atoms with Gasteiger partial charge in [0, 0.05) is 23.4 Å². The van der Waals surface area contributed by atoms with Crippen LogP contribution in [0.25, 0.3) is 10.9 Å². The number of hydrogen-bond donors (Lipinski definition) is 0. The molecule has 0 saturated heterocycles. The third kappa shape index (κ3) is 3.71. The minimum atomic E-state index is 0.635. The number of pyridine rings is 1. The number of ether oxygens (including phenoxy) is 3. The van der Waals surface area contributed by atoms with Crippen LogP contribution in [-0.4, -0.2) is 24.9 Å². The Balaban J connectivity index is 1.97. The topological polar surface area (TPSA) is 52.9 Å². The molecule has 0 aliphatic heterocycles. The van der Waals surface area contributed by atoms with E-state index in [2.05, 4.69) is 9.98 Å². The molecule has 1 heterocycles. The fourth-order valence-corrected chi connectivity index (χ4v) is 2.51. The van der Waals surface area contributed by atoms with Crippen LogP contribution in [0.4, 0.5) is 5.69 Å². The molecule has 0 radical (unpaired) electrons. The lowest BCUT2D eigenvalue weighted by atomic mass is 10.2. The lowest BCUT2D eigenvalue weighted by Gasteiger charge is -2.12. The first-order chi connectivity index (χ1) is 12.1. The first kappa shape index (κ1) is 16.8. The SMILES string of the molecule is COc1cc2nccc(Oc3ccc(N=C(C)C)cc3)c2cc1OC. The van der Waals surface area contributed by atoms with Gasteiger partial charge in [-0.2, -0.15) is 0 Å². The molecule has 5 heteroatoms. The smallest absolute Gasteiger partial charge is 0.162 e. The standard InChI is InChI=1S/C20H20N2O3/c1-13(2)22-14-5-7-15(8-6-14)25-18-9-10-21-17-12-20(24-4)19(23-3)11-16(17)18/h5-12H,1-4H3. The van der Waals surface area contributed by atoms with Gasteiger partial charge in [0.2, 0.25) is 0 Å². The number of rotatable bonds is 5. The Hall–Kier alpha value is -3.08. The van der Waals surface area contributed by atoms with Gasteiger partial charge in [-0.1, -0.05) is 0 Å². The predicted molar refractivity (Wildman–Crippen MR) is 99.8 cm³/mol. The zero-order chi connectivity index (χ0) is 17.8. The Labute approximate surface area is 146 Å². The van der Waals surface area contributed by atoms with Gasteiger partial charge in [0.1, 0.15) is 11.5 Å². The van der Waals surface area contributed by atoms with E-state index < -0.39 is 0 Å². The van der Waals surface area contributed by atoms with Crippen LogP contribution in [0.3, 0.4) is 0 Å². The molecule has 0 amide bonds. The quantitative estimate of drug-likeness (QED) is 0.604. The molecule has 0 aliphatic carbocycles. The van der Waals surface area contributed by atoms with Crippen LogP contribution >= 0.6 is 0 Å². The number of aromatic nitrogens is 1. The number of fused-ring (bicyclic) bond motifs is 1. The lowest BCUT2D eigenvalue weighted by Crippen LogP contribution is -1.93. The highest BCUT2D eigenvalue weighted by atomic mass is 16.5. The monoisotopic (exact) mass is 336 g/mol. The van der Waals surface area contributed by atoms with Crippen molar-refractivity contribution in [2.75, 3.05) is 14.2 Å².